The van der Waals surface area contributed by atoms with Crippen molar-refractivity contribution in [3.05, 3.63) is 65.2 Å². The summed E-state index contributed by atoms with van der Waals surface area (Å²) in [4.78, 5) is 35.1. The fourth-order valence-corrected chi connectivity index (χ4v) is 2.51. The van der Waals surface area contributed by atoms with E-state index in [-0.39, 0.29) is 6.54 Å². The first-order chi connectivity index (χ1) is 14.5. The molecule has 1 amide bonds. The molecule has 2 rings (SSSR count). The molecule has 2 aromatic carbocycles. The van der Waals surface area contributed by atoms with Gasteiger partial charge in [0.25, 0.3) is 5.91 Å². The number of amides is 1. The second kappa shape index (κ2) is 11.3. The molecule has 0 bridgehead atoms. The Morgan fingerprint density at radius 1 is 0.967 bits per heavy atom. The zero-order valence-corrected chi connectivity index (χ0v) is 17.0. The minimum atomic E-state index is -0.669. The van der Waals surface area contributed by atoms with Crippen molar-refractivity contribution in [1.82, 2.24) is 5.32 Å². The number of para-hydroxylation sites is 1. The molecule has 8 nitrogen and oxygen atoms in total. The number of nitrogens with one attached hydrogen (secondary N) is 1. The highest BCUT2D eigenvalue weighted by molar-refractivity contribution is 5.90. The van der Waals surface area contributed by atoms with Crippen LogP contribution in [0.3, 0.4) is 0 Å². The summed E-state index contributed by atoms with van der Waals surface area (Å²) in [5, 5.41) is 2.63. The summed E-state index contributed by atoms with van der Waals surface area (Å²) >= 11 is 0. The summed E-state index contributed by atoms with van der Waals surface area (Å²) in [6, 6.07) is 11.9. The van der Waals surface area contributed by atoms with E-state index in [0.29, 0.717) is 22.6 Å². The fourth-order valence-electron chi connectivity index (χ4n) is 2.51. The van der Waals surface area contributed by atoms with Crippen LogP contribution in [0.1, 0.15) is 21.5 Å². The molecule has 0 saturated heterocycles. The minimum Gasteiger partial charge on any atom is -0.493 e. The highest BCUT2D eigenvalue weighted by Crippen LogP contribution is 2.31. The van der Waals surface area contributed by atoms with Crippen LogP contribution in [-0.2, 0) is 25.6 Å². The van der Waals surface area contributed by atoms with Crippen LogP contribution in [0.15, 0.2) is 48.5 Å². The molecule has 0 aliphatic heterocycles. The Morgan fingerprint density at radius 2 is 1.70 bits per heavy atom. The van der Waals surface area contributed by atoms with E-state index in [1.165, 1.54) is 33.5 Å². The van der Waals surface area contributed by atoms with Crippen LogP contribution in [-0.4, -0.2) is 45.8 Å². The summed E-state index contributed by atoms with van der Waals surface area (Å²) in [6.07, 6.45) is 2.72. The number of esters is 2. The normalized spacial score (nSPS) is 10.4. The molecule has 0 saturated carbocycles. The smallest absolute Gasteiger partial charge is 0.337 e. The Bertz CT molecular complexity index is 920. The molecule has 0 atom stereocenters. The minimum absolute atomic E-state index is 0.231. The largest absolute Gasteiger partial charge is 0.493 e. The van der Waals surface area contributed by atoms with Gasteiger partial charge in [0.2, 0.25) is 0 Å². The molecule has 30 heavy (non-hydrogen) atoms. The molecule has 0 aliphatic carbocycles. The molecule has 2 aromatic rings. The van der Waals surface area contributed by atoms with Crippen molar-refractivity contribution in [3.63, 3.8) is 0 Å². The number of methoxy groups -OCH3 is 3. The third-order valence-electron chi connectivity index (χ3n) is 4.04. The van der Waals surface area contributed by atoms with E-state index in [1.807, 2.05) is 0 Å². The van der Waals surface area contributed by atoms with Crippen molar-refractivity contribution in [3.8, 4) is 11.5 Å². The second-order valence-electron chi connectivity index (χ2n) is 5.99. The first-order valence-electron chi connectivity index (χ1n) is 8.98. The average molecular weight is 413 g/mol. The number of rotatable bonds is 9. The number of ether oxygens (including phenoxy) is 4. The van der Waals surface area contributed by atoms with Gasteiger partial charge in [0.1, 0.15) is 0 Å². The molecular weight excluding hydrogens is 390 g/mol. The molecule has 0 radical (unpaired) electrons. The number of hydrogen-bond donors (Lipinski definition) is 1. The van der Waals surface area contributed by atoms with Crippen molar-refractivity contribution in [2.75, 3.05) is 27.9 Å². The zero-order chi connectivity index (χ0) is 21.9. The molecule has 0 unspecified atom stereocenters. The van der Waals surface area contributed by atoms with Gasteiger partial charge < -0.3 is 24.3 Å². The third kappa shape index (κ3) is 6.37. The Labute approximate surface area is 174 Å². The number of carbonyl (C=O) groups is 3. The predicted octanol–water partition coefficient (Wildman–Crippen LogP) is 2.36. The molecule has 0 spiro atoms. The van der Waals surface area contributed by atoms with Gasteiger partial charge in [0.05, 0.1) is 26.9 Å². The number of benzene rings is 2. The van der Waals surface area contributed by atoms with Crippen molar-refractivity contribution in [1.29, 1.82) is 0 Å². The van der Waals surface area contributed by atoms with E-state index < -0.39 is 24.5 Å². The molecule has 8 heteroatoms. The fraction of sp³-hybridized carbons (Fsp3) is 0.227. The van der Waals surface area contributed by atoms with Gasteiger partial charge in [-0.3, -0.25) is 4.79 Å². The number of carbonyl (C=O) groups excluding carboxylic acids is 3. The van der Waals surface area contributed by atoms with E-state index >= 15 is 0 Å². The summed E-state index contributed by atoms with van der Waals surface area (Å²) in [7, 11) is 4.33. The topological polar surface area (TPSA) is 100 Å². The van der Waals surface area contributed by atoms with Crippen LogP contribution in [0.4, 0.5) is 0 Å². The first-order valence-corrected chi connectivity index (χ1v) is 8.98. The van der Waals surface area contributed by atoms with Gasteiger partial charge in [0, 0.05) is 18.2 Å². The Balaban J connectivity index is 1.81. The van der Waals surface area contributed by atoms with Crippen LogP contribution in [0.5, 0.6) is 11.5 Å². The van der Waals surface area contributed by atoms with E-state index in [1.54, 1.807) is 42.5 Å². The predicted molar refractivity (Wildman–Crippen MR) is 109 cm³/mol. The van der Waals surface area contributed by atoms with Crippen LogP contribution in [0.2, 0.25) is 0 Å². The molecule has 0 fully saturated rings. The molecule has 0 heterocycles. The van der Waals surface area contributed by atoms with Gasteiger partial charge in [-0.25, -0.2) is 9.59 Å². The van der Waals surface area contributed by atoms with Crippen molar-refractivity contribution >= 4 is 23.9 Å². The van der Waals surface area contributed by atoms with Gasteiger partial charge in [-0.15, -0.1) is 0 Å². The van der Waals surface area contributed by atoms with Gasteiger partial charge in [0.15, 0.2) is 18.1 Å². The molecule has 158 valence electrons. The SMILES string of the molecule is COC(=O)c1ccc(CNC(=O)COC(=O)/C=C/c2cccc(OC)c2OC)cc1. The standard InChI is InChI=1S/C22H23NO7/c1-27-18-6-4-5-16(21(18)28-2)11-12-20(25)30-14-19(24)23-13-15-7-9-17(10-8-15)22(26)29-3/h4-12H,13-14H2,1-3H3,(H,23,24)/b12-11+. The maximum absolute atomic E-state index is 11.9. The molecule has 1 N–H and O–H groups in total. The average Bonchev–Trinajstić information content (AvgIpc) is 2.79. The Hall–Kier alpha value is -3.81. The lowest BCUT2D eigenvalue weighted by molar-refractivity contribution is -0.143. The van der Waals surface area contributed by atoms with Gasteiger partial charge in [-0.1, -0.05) is 24.3 Å². The maximum atomic E-state index is 11.9. The maximum Gasteiger partial charge on any atom is 0.337 e. The van der Waals surface area contributed by atoms with Crippen molar-refractivity contribution in [2.45, 2.75) is 6.54 Å². The lowest BCUT2D eigenvalue weighted by Gasteiger charge is -2.09. The van der Waals surface area contributed by atoms with Crippen LogP contribution in [0, 0.1) is 0 Å². The Morgan fingerprint density at radius 3 is 2.33 bits per heavy atom. The van der Waals surface area contributed by atoms with E-state index in [0.717, 1.165) is 5.56 Å². The molecule has 0 aliphatic rings. The molecule has 0 aromatic heterocycles. The lowest BCUT2D eigenvalue weighted by atomic mass is 10.1. The second-order valence-corrected chi connectivity index (χ2v) is 5.99. The lowest BCUT2D eigenvalue weighted by Crippen LogP contribution is -2.28. The number of hydrogen-bond acceptors (Lipinski definition) is 7. The van der Waals surface area contributed by atoms with Crippen molar-refractivity contribution in [2.24, 2.45) is 0 Å². The zero-order valence-electron chi connectivity index (χ0n) is 17.0. The summed E-state index contributed by atoms with van der Waals surface area (Å²) in [6.45, 7) is -0.187. The van der Waals surface area contributed by atoms with Crippen LogP contribution >= 0.6 is 0 Å². The van der Waals surface area contributed by atoms with E-state index in [4.69, 9.17) is 14.2 Å². The summed E-state index contributed by atoms with van der Waals surface area (Å²) in [5.74, 6) is -0.533. The molecular formula is C22H23NO7. The Kier molecular flexibility index (Phi) is 8.43. The van der Waals surface area contributed by atoms with Gasteiger partial charge in [-0.2, -0.15) is 0 Å². The highest BCUT2D eigenvalue weighted by atomic mass is 16.5. The summed E-state index contributed by atoms with van der Waals surface area (Å²) < 4.78 is 20.0. The van der Waals surface area contributed by atoms with Gasteiger partial charge in [-0.05, 0) is 29.8 Å². The summed E-state index contributed by atoms with van der Waals surface area (Å²) in [5.41, 5.74) is 1.84. The highest BCUT2D eigenvalue weighted by Gasteiger charge is 2.09. The third-order valence-corrected chi connectivity index (χ3v) is 4.04. The van der Waals surface area contributed by atoms with E-state index in [2.05, 4.69) is 10.1 Å². The first kappa shape index (κ1) is 22.5. The van der Waals surface area contributed by atoms with E-state index in [9.17, 15) is 14.4 Å². The van der Waals surface area contributed by atoms with Crippen LogP contribution < -0.4 is 14.8 Å². The van der Waals surface area contributed by atoms with Crippen molar-refractivity contribution < 1.29 is 33.3 Å². The van der Waals surface area contributed by atoms with Crippen LogP contribution in [0.25, 0.3) is 6.08 Å². The quantitative estimate of drug-likeness (QED) is 0.498. The monoisotopic (exact) mass is 413 g/mol. The van der Waals surface area contributed by atoms with Gasteiger partial charge >= 0.3 is 11.9 Å².